The molecule has 0 aliphatic heterocycles. The Bertz CT molecular complexity index is 903. The summed E-state index contributed by atoms with van der Waals surface area (Å²) in [6.07, 6.45) is 0.620. The standard InChI is InChI=1S/C17H19FN4O3/c1-4-13(16-20-10(3)25-22-16)21-17(23)19-8-15-9(2)12-7-11(18)5-6-14(12)24-15/h5-7,13H,4,8H2,1-3H3,(H2,19,21,23)/t13-/m1/s1. The van der Waals surface area contributed by atoms with Crippen LogP contribution in [0.5, 0.6) is 0 Å². The molecule has 1 aromatic carbocycles. The molecular formula is C17H19FN4O3. The monoisotopic (exact) mass is 346 g/mol. The largest absolute Gasteiger partial charge is 0.459 e. The fourth-order valence-electron chi connectivity index (χ4n) is 2.59. The van der Waals surface area contributed by atoms with Gasteiger partial charge in [0, 0.05) is 17.9 Å². The van der Waals surface area contributed by atoms with Crippen LogP contribution in [0.1, 0.15) is 42.4 Å². The first-order valence-electron chi connectivity index (χ1n) is 8.00. The molecule has 3 aromatic rings. The van der Waals surface area contributed by atoms with E-state index in [1.165, 1.54) is 12.1 Å². The van der Waals surface area contributed by atoms with Gasteiger partial charge in [-0.2, -0.15) is 4.98 Å². The molecule has 0 radical (unpaired) electrons. The van der Waals surface area contributed by atoms with Crippen molar-refractivity contribution in [1.82, 2.24) is 20.8 Å². The number of furan rings is 1. The van der Waals surface area contributed by atoms with Crippen molar-refractivity contribution in [2.45, 2.75) is 39.8 Å². The van der Waals surface area contributed by atoms with Crippen LogP contribution in [0, 0.1) is 19.7 Å². The number of fused-ring (bicyclic) bond motifs is 1. The number of urea groups is 1. The van der Waals surface area contributed by atoms with Crippen LogP contribution in [0.25, 0.3) is 11.0 Å². The third kappa shape index (κ3) is 3.62. The topological polar surface area (TPSA) is 93.2 Å². The zero-order valence-electron chi connectivity index (χ0n) is 14.2. The highest BCUT2D eigenvalue weighted by atomic mass is 19.1. The van der Waals surface area contributed by atoms with Crippen molar-refractivity contribution in [3.63, 3.8) is 0 Å². The van der Waals surface area contributed by atoms with E-state index in [0.29, 0.717) is 34.9 Å². The number of carbonyl (C=O) groups is 1. The van der Waals surface area contributed by atoms with Gasteiger partial charge in [-0.15, -0.1) is 0 Å². The van der Waals surface area contributed by atoms with Gasteiger partial charge in [-0.3, -0.25) is 0 Å². The maximum Gasteiger partial charge on any atom is 0.315 e. The van der Waals surface area contributed by atoms with E-state index in [1.807, 2.05) is 13.8 Å². The smallest absolute Gasteiger partial charge is 0.315 e. The van der Waals surface area contributed by atoms with E-state index in [1.54, 1.807) is 13.0 Å². The molecule has 25 heavy (non-hydrogen) atoms. The fourth-order valence-corrected chi connectivity index (χ4v) is 2.59. The molecule has 0 spiro atoms. The summed E-state index contributed by atoms with van der Waals surface area (Å²) in [7, 11) is 0. The summed E-state index contributed by atoms with van der Waals surface area (Å²) in [5, 5.41) is 10.1. The van der Waals surface area contributed by atoms with Crippen LogP contribution in [0.2, 0.25) is 0 Å². The minimum Gasteiger partial charge on any atom is -0.459 e. The average molecular weight is 346 g/mol. The van der Waals surface area contributed by atoms with E-state index in [4.69, 9.17) is 8.94 Å². The Morgan fingerprint density at radius 1 is 1.36 bits per heavy atom. The molecule has 132 valence electrons. The highest BCUT2D eigenvalue weighted by Gasteiger charge is 2.18. The molecule has 2 heterocycles. The molecule has 2 aromatic heterocycles. The molecule has 0 bridgehead atoms. The van der Waals surface area contributed by atoms with Gasteiger partial charge in [-0.1, -0.05) is 12.1 Å². The molecule has 0 unspecified atom stereocenters. The lowest BCUT2D eigenvalue weighted by Crippen LogP contribution is -2.37. The molecule has 0 saturated carbocycles. The summed E-state index contributed by atoms with van der Waals surface area (Å²) >= 11 is 0. The van der Waals surface area contributed by atoms with Crippen molar-refractivity contribution < 1.29 is 18.1 Å². The maximum atomic E-state index is 13.3. The van der Waals surface area contributed by atoms with Gasteiger partial charge < -0.3 is 19.6 Å². The summed E-state index contributed by atoms with van der Waals surface area (Å²) in [5.74, 6) is 1.14. The summed E-state index contributed by atoms with van der Waals surface area (Å²) in [6.45, 7) is 5.62. The lowest BCUT2D eigenvalue weighted by atomic mass is 10.1. The molecule has 8 heteroatoms. The Morgan fingerprint density at radius 2 is 2.16 bits per heavy atom. The predicted octanol–water partition coefficient (Wildman–Crippen LogP) is 3.52. The molecule has 2 N–H and O–H groups in total. The number of rotatable bonds is 5. The maximum absolute atomic E-state index is 13.3. The van der Waals surface area contributed by atoms with Gasteiger partial charge in [-0.05, 0) is 31.5 Å². The van der Waals surface area contributed by atoms with Gasteiger partial charge in [0.25, 0.3) is 0 Å². The first-order valence-corrected chi connectivity index (χ1v) is 8.00. The highest BCUT2D eigenvalue weighted by Crippen LogP contribution is 2.25. The third-order valence-corrected chi connectivity index (χ3v) is 3.98. The van der Waals surface area contributed by atoms with Gasteiger partial charge in [0.05, 0.1) is 12.6 Å². The molecule has 0 saturated heterocycles. The lowest BCUT2D eigenvalue weighted by Gasteiger charge is -2.13. The van der Waals surface area contributed by atoms with Crippen molar-refractivity contribution in [3.8, 4) is 0 Å². The Balaban J connectivity index is 1.65. The SMILES string of the molecule is CC[C@@H](NC(=O)NCc1oc2ccc(F)cc2c1C)c1noc(C)n1. The molecule has 0 fully saturated rings. The van der Waals surface area contributed by atoms with Gasteiger partial charge in [0.1, 0.15) is 17.2 Å². The van der Waals surface area contributed by atoms with Crippen LogP contribution >= 0.6 is 0 Å². The summed E-state index contributed by atoms with van der Waals surface area (Å²) in [4.78, 5) is 16.3. The average Bonchev–Trinajstić information content (AvgIpc) is 3.15. The quantitative estimate of drug-likeness (QED) is 0.737. The second-order valence-corrected chi connectivity index (χ2v) is 5.75. The molecule has 7 nitrogen and oxygen atoms in total. The Kier molecular flexibility index (Phi) is 4.69. The summed E-state index contributed by atoms with van der Waals surface area (Å²) in [6, 6.07) is 3.62. The molecule has 1 atom stereocenters. The minimum atomic E-state index is -0.375. The number of benzene rings is 1. The van der Waals surface area contributed by atoms with Crippen LogP contribution in [-0.4, -0.2) is 16.2 Å². The predicted molar refractivity (Wildman–Crippen MR) is 88.3 cm³/mol. The van der Waals surface area contributed by atoms with Gasteiger partial charge in [0.15, 0.2) is 5.82 Å². The second-order valence-electron chi connectivity index (χ2n) is 5.75. The Labute approximate surface area is 143 Å². The van der Waals surface area contributed by atoms with Crippen LogP contribution in [0.3, 0.4) is 0 Å². The number of hydrogen-bond donors (Lipinski definition) is 2. The van der Waals surface area contributed by atoms with E-state index in [2.05, 4.69) is 20.8 Å². The van der Waals surface area contributed by atoms with Crippen molar-refractivity contribution in [2.24, 2.45) is 0 Å². The van der Waals surface area contributed by atoms with Crippen LogP contribution in [0.4, 0.5) is 9.18 Å². The Hall–Kier alpha value is -2.90. The van der Waals surface area contributed by atoms with Crippen molar-refractivity contribution in [2.75, 3.05) is 0 Å². The van der Waals surface area contributed by atoms with Crippen LogP contribution in [-0.2, 0) is 6.54 Å². The van der Waals surface area contributed by atoms with Crippen LogP contribution < -0.4 is 10.6 Å². The summed E-state index contributed by atoms with van der Waals surface area (Å²) in [5.41, 5.74) is 1.39. The van der Waals surface area contributed by atoms with E-state index >= 15 is 0 Å². The van der Waals surface area contributed by atoms with Crippen molar-refractivity contribution in [1.29, 1.82) is 0 Å². The van der Waals surface area contributed by atoms with E-state index in [-0.39, 0.29) is 24.4 Å². The first kappa shape index (κ1) is 16.9. The number of nitrogens with zero attached hydrogens (tertiary/aromatic N) is 2. The molecule has 0 aliphatic carbocycles. The third-order valence-electron chi connectivity index (χ3n) is 3.98. The number of aromatic nitrogens is 2. The van der Waals surface area contributed by atoms with E-state index in [9.17, 15) is 9.18 Å². The fraction of sp³-hybridized carbons (Fsp3) is 0.353. The zero-order chi connectivity index (χ0) is 18.0. The number of nitrogens with one attached hydrogen (secondary N) is 2. The van der Waals surface area contributed by atoms with Crippen molar-refractivity contribution in [3.05, 3.63) is 47.1 Å². The lowest BCUT2D eigenvalue weighted by molar-refractivity contribution is 0.234. The number of aryl methyl sites for hydroxylation is 2. The molecular weight excluding hydrogens is 327 g/mol. The molecule has 0 aliphatic rings. The number of amides is 2. The molecule has 3 rings (SSSR count). The minimum absolute atomic E-state index is 0.190. The summed E-state index contributed by atoms with van der Waals surface area (Å²) < 4.78 is 24.0. The number of hydrogen-bond acceptors (Lipinski definition) is 5. The van der Waals surface area contributed by atoms with Gasteiger partial charge >= 0.3 is 6.03 Å². The number of carbonyl (C=O) groups excluding carboxylic acids is 1. The van der Waals surface area contributed by atoms with Crippen molar-refractivity contribution >= 4 is 17.0 Å². The van der Waals surface area contributed by atoms with Gasteiger partial charge in [-0.25, -0.2) is 9.18 Å². The highest BCUT2D eigenvalue weighted by molar-refractivity contribution is 5.82. The zero-order valence-corrected chi connectivity index (χ0v) is 14.2. The van der Waals surface area contributed by atoms with Gasteiger partial charge in [0.2, 0.25) is 5.89 Å². The first-order chi connectivity index (χ1) is 12.0. The molecule has 2 amide bonds. The van der Waals surface area contributed by atoms with E-state index < -0.39 is 0 Å². The second kappa shape index (κ2) is 6.92. The Morgan fingerprint density at radius 3 is 2.84 bits per heavy atom. The van der Waals surface area contributed by atoms with Crippen LogP contribution in [0.15, 0.2) is 27.1 Å². The normalized spacial score (nSPS) is 12.3. The van der Waals surface area contributed by atoms with E-state index in [0.717, 1.165) is 5.56 Å². The number of halogens is 1.